The van der Waals surface area contributed by atoms with Gasteiger partial charge in [0.2, 0.25) is 5.91 Å². The molecule has 0 bridgehead atoms. The van der Waals surface area contributed by atoms with Crippen LogP contribution in [0.1, 0.15) is 24.8 Å². The molecule has 0 spiro atoms. The Balaban J connectivity index is 0.00000242. The number of para-hydroxylation sites is 1. The molecule has 2 rings (SSSR count). The first-order valence-corrected chi connectivity index (χ1v) is 7.14. The normalized spacial score (nSPS) is 18.1. The van der Waals surface area contributed by atoms with Gasteiger partial charge in [-0.1, -0.05) is 18.2 Å². The zero-order valence-corrected chi connectivity index (χ0v) is 15.0. The number of ether oxygens (including phenoxy) is 1. The summed E-state index contributed by atoms with van der Waals surface area (Å²) in [5, 5.41) is 5.98. The molecule has 4 N–H and O–H groups in total. The fourth-order valence-electron chi connectivity index (χ4n) is 2.32. The summed E-state index contributed by atoms with van der Waals surface area (Å²) in [6, 6.07) is 7.84. The fourth-order valence-corrected chi connectivity index (χ4v) is 2.32. The number of hydrogen-bond acceptors (Lipinski definition) is 3. The van der Waals surface area contributed by atoms with Crippen molar-refractivity contribution in [1.29, 1.82) is 0 Å². The van der Waals surface area contributed by atoms with E-state index >= 15 is 0 Å². The van der Waals surface area contributed by atoms with Gasteiger partial charge < -0.3 is 21.1 Å². The van der Waals surface area contributed by atoms with E-state index in [4.69, 9.17) is 10.5 Å². The van der Waals surface area contributed by atoms with Gasteiger partial charge >= 0.3 is 0 Å². The van der Waals surface area contributed by atoms with Gasteiger partial charge in [-0.25, -0.2) is 4.99 Å². The predicted molar refractivity (Wildman–Crippen MR) is 97.5 cm³/mol. The third kappa shape index (κ3) is 5.70. The summed E-state index contributed by atoms with van der Waals surface area (Å²) in [5.41, 5.74) is 6.83. The Hall–Kier alpha value is -1.51. The molecule has 7 heteroatoms. The van der Waals surface area contributed by atoms with E-state index in [0.717, 1.165) is 24.2 Å². The lowest BCUT2D eigenvalue weighted by atomic mass is 10.0. The minimum Gasteiger partial charge on any atom is -0.496 e. The quantitative estimate of drug-likeness (QED) is 0.383. The van der Waals surface area contributed by atoms with Gasteiger partial charge in [-0.3, -0.25) is 4.79 Å². The van der Waals surface area contributed by atoms with E-state index in [1.165, 1.54) is 0 Å². The van der Waals surface area contributed by atoms with Gasteiger partial charge in [-0.15, -0.1) is 24.0 Å². The highest BCUT2D eigenvalue weighted by Crippen LogP contribution is 2.17. The Morgan fingerprint density at radius 2 is 2.27 bits per heavy atom. The molecule has 1 aromatic rings. The standard InChI is InChI=1S/C15H22N4O2.HI/c1-21-13-7-3-2-5-11(13)9-17-15(16)18-10-12-6-4-8-14(20)19-12;/h2-3,5,7,12H,4,6,8-10H2,1H3,(H,19,20)(H3,16,17,18);1H. The monoisotopic (exact) mass is 418 g/mol. The zero-order valence-electron chi connectivity index (χ0n) is 12.7. The number of piperidine rings is 1. The Morgan fingerprint density at radius 1 is 1.50 bits per heavy atom. The predicted octanol–water partition coefficient (Wildman–Crippen LogP) is 1.39. The van der Waals surface area contributed by atoms with Crippen LogP contribution in [0.3, 0.4) is 0 Å². The number of nitrogens with zero attached hydrogens (tertiary/aromatic N) is 1. The molecule has 6 nitrogen and oxygen atoms in total. The Labute approximate surface area is 147 Å². The number of carbonyl (C=O) groups is 1. The van der Waals surface area contributed by atoms with Crippen molar-refractivity contribution in [3.8, 4) is 5.75 Å². The number of rotatable bonds is 5. The van der Waals surface area contributed by atoms with Crippen molar-refractivity contribution in [2.24, 2.45) is 10.7 Å². The van der Waals surface area contributed by atoms with Gasteiger partial charge in [0.05, 0.1) is 13.7 Å². The number of carbonyl (C=O) groups excluding carboxylic acids is 1. The first kappa shape index (κ1) is 18.5. The molecule has 1 aliphatic rings. The average molecular weight is 418 g/mol. The van der Waals surface area contributed by atoms with Crippen molar-refractivity contribution in [3.05, 3.63) is 29.8 Å². The lowest BCUT2D eigenvalue weighted by Gasteiger charge is -2.23. The second-order valence-corrected chi connectivity index (χ2v) is 5.05. The van der Waals surface area contributed by atoms with Crippen LogP contribution in [0.5, 0.6) is 5.75 Å². The number of guanidine groups is 1. The maximum absolute atomic E-state index is 11.3. The first-order chi connectivity index (χ1) is 10.2. The van der Waals surface area contributed by atoms with Gasteiger partial charge in [-0.05, 0) is 18.9 Å². The largest absolute Gasteiger partial charge is 0.496 e. The molecule has 1 aliphatic heterocycles. The lowest BCUT2D eigenvalue weighted by molar-refractivity contribution is -0.123. The zero-order chi connectivity index (χ0) is 15.1. The van der Waals surface area contributed by atoms with Crippen molar-refractivity contribution in [2.45, 2.75) is 31.8 Å². The lowest BCUT2D eigenvalue weighted by Crippen LogP contribution is -2.47. The summed E-state index contributed by atoms with van der Waals surface area (Å²) >= 11 is 0. The maximum Gasteiger partial charge on any atom is 0.220 e. The van der Waals surface area contributed by atoms with E-state index in [9.17, 15) is 4.79 Å². The smallest absolute Gasteiger partial charge is 0.220 e. The molecular weight excluding hydrogens is 395 g/mol. The first-order valence-electron chi connectivity index (χ1n) is 7.14. The molecule has 0 radical (unpaired) electrons. The van der Waals surface area contributed by atoms with E-state index < -0.39 is 0 Å². The summed E-state index contributed by atoms with van der Waals surface area (Å²) in [6.07, 6.45) is 2.52. The van der Waals surface area contributed by atoms with Gasteiger partial charge in [0.15, 0.2) is 5.96 Å². The summed E-state index contributed by atoms with van der Waals surface area (Å²) in [7, 11) is 1.63. The summed E-state index contributed by atoms with van der Waals surface area (Å²) < 4.78 is 5.27. The number of halogens is 1. The van der Waals surface area contributed by atoms with Crippen molar-refractivity contribution in [1.82, 2.24) is 10.6 Å². The molecular formula is C15H23IN4O2. The van der Waals surface area contributed by atoms with Crippen LogP contribution in [0.4, 0.5) is 0 Å². The molecule has 1 saturated heterocycles. The van der Waals surface area contributed by atoms with Crippen LogP contribution in [0, 0.1) is 0 Å². The highest BCUT2D eigenvalue weighted by Gasteiger charge is 2.17. The molecule has 0 aromatic heterocycles. The third-order valence-electron chi connectivity index (χ3n) is 3.46. The van der Waals surface area contributed by atoms with Crippen LogP contribution in [0.2, 0.25) is 0 Å². The van der Waals surface area contributed by atoms with Gasteiger partial charge in [0, 0.05) is 24.6 Å². The molecule has 1 atom stereocenters. The Morgan fingerprint density at radius 3 is 3.00 bits per heavy atom. The van der Waals surface area contributed by atoms with Gasteiger partial charge in [0.1, 0.15) is 5.75 Å². The van der Waals surface area contributed by atoms with E-state index in [2.05, 4.69) is 15.6 Å². The number of aliphatic imine (C=N–C) groups is 1. The summed E-state index contributed by atoms with van der Waals surface area (Å²) in [6.45, 7) is 1.06. The van der Waals surface area contributed by atoms with Crippen LogP contribution in [-0.4, -0.2) is 31.6 Å². The van der Waals surface area contributed by atoms with Crippen molar-refractivity contribution >= 4 is 35.8 Å². The summed E-state index contributed by atoms with van der Waals surface area (Å²) in [5.74, 6) is 1.28. The second kappa shape index (κ2) is 9.50. The van der Waals surface area contributed by atoms with Gasteiger partial charge in [0.25, 0.3) is 0 Å². The SMILES string of the molecule is COc1ccccc1CN=C(N)NCC1CCCC(=O)N1.I. The minimum absolute atomic E-state index is 0. The molecule has 0 saturated carbocycles. The third-order valence-corrected chi connectivity index (χ3v) is 3.46. The number of benzene rings is 1. The fraction of sp³-hybridized carbons (Fsp3) is 0.467. The van der Waals surface area contributed by atoms with Crippen molar-refractivity contribution in [3.63, 3.8) is 0 Å². The van der Waals surface area contributed by atoms with E-state index in [1.54, 1.807) is 7.11 Å². The Bertz CT molecular complexity index is 522. The molecule has 1 amide bonds. The highest BCUT2D eigenvalue weighted by atomic mass is 127. The van der Waals surface area contributed by atoms with Crippen LogP contribution in [0.25, 0.3) is 0 Å². The van der Waals surface area contributed by atoms with E-state index in [1.807, 2.05) is 24.3 Å². The van der Waals surface area contributed by atoms with E-state index in [0.29, 0.717) is 25.5 Å². The molecule has 22 heavy (non-hydrogen) atoms. The van der Waals surface area contributed by atoms with Crippen LogP contribution < -0.4 is 21.1 Å². The molecule has 1 aromatic carbocycles. The van der Waals surface area contributed by atoms with Crippen LogP contribution in [0.15, 0.2) is 29.3 Å². The number of nitrogens with two attached hydrogens (primary N) is 1. The van der Waals surface area contributed by atoms with Crippen molar-refractivity contribution < 1.29 is 9.53 Å². The molecule has 122 valence electrons. The van der Waals surface area contributed by atoms with E-state index in [-0.39, 0.29) is 35.9 Å². The number of amides is 1. The van der Waals surface area contributed by atoms with Crippen LogP contribution >= 0.6 is 24.0 Å². The Kier molecular flexibility index (Phi) is 8.00. The average Bonchev–Trinajstić information content (AvgIpc) is 2.51. The molecule has 1 fully saturated rings. The van der Waals surface area contributed by atoms with Crippen molar-refractivity contribution in [2.75, 3.05) is 13.7 Å². The molecule has 0 aliphatic carbocycles. The highest BCUT2D eigenvalue weighted by molar-refractivity contribution is 14.0. The minimum atomic E-state index is 0. The number of hydrogen-bond donors (Lipinski definition) is 3. The number of nitrogens with one attached hydrogen (secondary N) is 2. The summed E-state index contributed by atoms with van der Waals surface area (Å²) in [4.78, 5) is 15.6. The second-order valence-electron chi connectivity index (χ2n) is 5.05. The maximum atomic E-state index is 11.3. The van der Waals surface area contributed by atoms with Crippen LogP contribution in [-0.2, 0) is 11.3 Å². The topological polar surface area (TPSA) is 88.7 Å². The molecule has 1 unspecified atom stereocenters. The van der Waals surface area contributed by atoms with Gasteiger partial charge in [-0.2, -0.15) is 0 Å². The molecule has 1 heterocycles. The number of methoxy groups -OCH3 is 1.